The first kappa shape index (κ1) is 15.8. The highest BCUT2D eigenvalue weighted by atomic mass is 16.5. The van der Waals surface area contributed by atoms with E-state index in [0.29, 0.717) is 18.8 Å². The maximum atomic E-state index is 12.8. The van der Waals surface area contributed by atoms with E-state index in [1.165, 1.54) is 0 Å². The number of benzene rings is 1. The number of rotatable bonds is 2. The number of morpholine rings is 1. The van der Waals surface area contributed by atoms with Crippen molar-refractivity contribution < 1.29 is 9.53 Å². The summed E-state index contributed by atoms with van der Waals surface area (Å²) in [6.07, 6.45) is 2.02. The number of ether oxygens (including phenoxy) is 1. The standard InChI is InChI=1S/C20H21N3O2/c1-13-11-23(12-14(2)25-13)20(24)19-5-3-4-18(22-19)15-6-7-17-16(10-15)8-9-21-17/h3-10,13-14,21H,11-12H2,1-2H3. The number of nitrogens with zero attached hydrogens (tertiary/aromatic N) is 2. The molecule has 0 saturated carbocycles. The predicted octanol–water partition coefficient (Wildman–Crippen LogP) is 3.48. The minimum atomic E-state index is -0.0356. The molecule has 2 aromatic heterocycles. The van der Waals surface area contributed by atoms with Gasteiger partial charge in [-0.25, -0.2) is 4.98 Å². The summed E-state index contributed by atoms with van der Waals surface area (Å²) in [5, 5.41) is 1.13. The summed E-state index contributed by atoms with van der Waals surface area (Å²) >= 11 is 0. The number of aromatic amines is 1. The first-order valence-corrected chi connectivity index (χ1v) is 8.59. The summed E-state index contributed by atoms with van der Waals surface area (Å²) < 4.78 is 5.71. The summed E-state index contributed by atoms with van der Waals surface area (Å²) in [4.78, 5) is 22.5. The van der Waals surface area contributed by atoms with E-state index in [1.54, 1.807) is 6.07 Å². The van der Waals surface area contributed by atoms with Crippen molar-refractivity contribution in [2.75, 3.05) is 13.1 Å². The van der Waals surface area contributed by atoms with Gasteiger partial charge in [-0.3, -0.25) is 4.79 Å². The number of nitrogens with one attached hydrogen (secondary N) is 1. The molecule has 3 aromatic rings. The molecule has 5 heteroatoms. The first-order chi connectivity index (χ1) is 12.1. The van der Waals surface area contributed by atoms with Crippen molar-refractivity contribution in [1.29, 1.82) is 0 Å². The third-order valence-electron chi connectivity index (χ3n) is 4.52. The monoisotopic (exact) mass is 335 g/mol. The van der Waals surface area contributed by atoms with Gasteiger partial charge in [-0.1, -0.05) is 12.1 Å². The van der Waals surface area contributed by atoms with Crippen molar-refractivity contribution in [1.82, 2.24) is 14.9 Å². The number of aromatic nitrogens is 2. The summed E-state index contributed by atoms with van der Waals surface area (Å²) in [6, 6.07) is 13.8. The Morgan fingerprint density at radius 1 is 1.16 bits per heavy atom. The molecule has 25 heavy (non-hydrogen) atoms. The average molecular weight is 335 g/mol. The number of fused-ring (bicyclic) bond motifs is 1. The highest BCUT2D eigenvalue weighted by Gasteiger charge is 2.27. The highest BCUT2D eigenvalue weighted by molar-refractivity contribution is 5.93. The normalized spacial score (nSPS) is 20.8. The molecule has 0 aliphatic carbocycles. The Morgan fingerprint density at radius 3 is 2.76 bits per heavy atom. The van der Waals surface area contributed by atoms with Gasteiger partial charge in [0.25, 0.3) is 5.91 Å². The van der Waals surface area contributed by atoms with Gasteiger partial charge in [0.1, 0.15) is 5.69 Å². The Bertz CT molecular complexity index is 908. The van der Waals surface area contributed by atoms with Crippen LogP contribution in [0.4, 0.5) is 0 Å². The first-order valence-electron chi connectivity index (χ1n) is 8.59. The van der Waals surface area contributed by atoms with Crippen molar-refractivity contribution in [2.45, 2.75) is 26.1 Å². The molecule has 1 amide bonds. The number of carbonyl (C=O) groups is 1. The van der Waals surface area contributed by atoms with Gasteiger partial charge in [0.05, 0.1) is 17.9 Å². The van der Waals surface area contributed by atoms with Crippen LogP contribution in [0, 0.1) is 0 Å². The largest absolute Gasteiger partial charge is 0.372 e. The van der Waals surface area contributed by atoms with Crippen molar-refractivity contribution in [3.8, 4) is 11.3 Å². The van der Waals surface area contributed by atoms with E-state index in [0.717, 1.165) is 22.2 Å². The molecule has 0 bridgehead atoms. The Hall–Kier alpha value is -2.66. The number of carbonyl (C=O) groups excluding carboxylic acids is 1. The van der Waals surface area contributed by atoms with E-state index >= 15 is 0 Å². The Morgan fingerprint density at radius 2 is 1.96 bits per heavy atom. The van der Waals surface area contributed by atoms with Gasteiger partial charge in [0, 0.05) is 35.8 Å². The van der Waals surface area contributed by atoms with E-state index in [1.807, 2.05) is 55.3 Å². The molecule has 1 saturated heterocycles. The molecule has 3 heterocycles. The van der Waals surface area contributed by atoms with Crippen LogP contribution in [0.1, 0.15) is 24.3 Å². The SMILES string of the molecule is CC1CN(C(=O)c2cccc(-c3ccc4[nH]ccc4c3)n2)CC(C)O1. The number of hydrogen-bond acceptors (Lipinski definition) is 3. The van der Waals surface area contributed by atoms with Crippen LogP contribution in [0.15, 0.2) is 48.7 Å². The third-order valence-corrected chi connectivity index (χ3v) is 4.52. The van der Waals surface area contributed by atoms with Crippen molar-refractivity contribution in [2.24, 2.45) is 0 Å². The average Bonchev–Trinajstić information content (AvgIpc) is 3.08. The van der Waals surface area contributed by atoms with Crippen LogP contribution in [0.5, 0.6) is 0 Å². The van der Waals surface area contributed by atoms with Gasteiger partial charge < -0.3 is 14.6 Å². The van der Waals surface area contributed by atoms with Crippen LogP contribution in [0.3, 0.4) is 0 Å². The van der Waals surface area contributed by atoms with E-state index in [2.05, 4.69) is 16.0 Å². The molecule has 4 rings (SSSR count). The fourth-order valence-electron chi connectivity index (χ4n) is 3.43. The second-order valence-electron chi connectivity index (χ2n) is 6.66. The van der Waals surface area contributed by atoms with Gasteiger partial charge in [-0.05, 0) is 44.2 Å². The minimum absolute atomic E-state index is 0.0356. The molecule has 1 aliphatic rings. The topological polar surface area (TPSA) is 58.2 Å². The van der Waals surface area contributed by atoms with Gasteiger partial charge in [-0.15, -0.1) is 0 Å². The van der Waals surface area contributed by atoms with Gasteiger partial charge in [-0.2, -0.15) is 0 Å². The second kappa shape index (κ2) is 6.33. The predicted molar refractivity (Wildman–Crippen MR) is 97.4 cm³/mol. The van der Waals surface area contributed by atoms with Gasteiger partial charge in [0.2, 0.25) is 0 Å². The number of H-pyrrole nitrogens is 1. The van der Waals surface area contributed by atoms with E-state index < -0.39 is 0 Å². The van der Waals surface area contributed by atoms with E-state index in [9.17, 15) is 4.79 Å². The Balaban J connectivity index is 1.63. The van der Waals surface area contributed by atoms with Crippen LogP contribution < -0.4 is 0 Å². The lowest BCUT2D eigenvalue weighted by atomic mass is 10.1. The van der Waals surface area contributed by atoms with Crippen molar-refractivity contribution >= 4 is 16.8 Å². The Kier molecular flexibility index (Phi) is 4.01. The zero-order chi connectivity index (χ0) is 17.4. The molecular weight excluding hydrogens is 314 g/mol. The third kappa shape index (κ3) is 3.15. The van der Waals surface area contributed by atoms with Crippen LogP contribution in [-0.2, 0) is 4.74 Å². The molecule has 5 nitrogen and oxygen atoms in total. The van der Waals surface area contributed by atoms with Crippen molar-refractivity contribution in [3.05, 3.63) is 54.4 Å². The molecule has 1 N–H and O–H groups in total. The molecule has 0 radical (unpaired) electrons. The van der Waals surface area contributed by atoms with Crippen LogP contribution in [0.2, 0.25) is 0 Å². The zero-order valence-electron chi connectivity index (χ0n) is 14.4. The lowest BCUT2D eigenvalue weighted by Crippen LogP contribution is -2.48. The number of amides is 1. The Labute approximate surface area is 146 Å². The lowest BCUT2D eigenvalue weighted by Gasteiger charge is -2.35. The number of hydrogen-bond donors (Lipinski definition) is 1. The van der Waals surface area contributed by atoms with Crippen LogP contribution >= 0.6 is 0 Å². The molecule has 1 aliphatic heterocycles. The number of pyridine rings is 1. The molecule has 2 unspecified atom stereocenters. The molecule has 1 aromatic carbocycles. The zero-order valence-corrected chi connectivity index (χ0v) is 14.4. The van der Waals surface area contributed by atoms with Crippen LogP contribution in [-0.4, -0.2) is 46.1 Å². The van der Waals surface area contributed by atoms with Crippen molar-refractivity contribution in [3.63, 3.8) is 0 Å². The second-order valence-corrected chi connectivity index (χ2v) is 6.66. The lowest BCUT2D eigenvalue weighted by molar-refractivity contribution is -0.0587. The fraction of sp³-hybridized carbons (Fsp3) is 0.300. The van der Waals surface area contributed by atoms with Gasteiger partial charge >= 0.3 is 0 Å². The molecule has 1 fully saturated rings. The molecule has 0 spiro atoms. The molecular formula is C20H21N3O2. The summed E-state index contributed by atoms with van der Waals surface area (Å²) in [6.45, 7) is 5.19. The van der Waals surface area contributed by atoms with Crippen LogP contribution in [0.25, 0.3) is 22.2 Å². The molecule has 128 valence electrons. The fourth-order valence-corrected chi connectivity index (χ4v) is 3.43. The quantitative estimate of drug-likeness (QED) is 0.780. The smallest absolute Gasteiger partial charge is 0.272 e. The summed E-state index contributed by atoms with van der Waals surface area (Å²) in [7, 11) is 0. The minimum Gasteiger partial charge on any atom is -0.372 e. The van der Waals surface area contributed by atoms with Gasteiger partial charge in [0.15, 0.2) is 0 Å². The maximum Gasteiger partial charge on any atom is 0.272 e. The molecule has 2 atom stereocenters. The summed E-state index contributed by atoms with van der Waals surface area (Å²) in [5.41, 5.74) is 3.38. The van der Waals surface area contributed by atoms with E-state index in [4.69, 9.17) is 4.74 Å². The maximum absolute atomic E-state index is 12.8. The van der Waals surface area contributed by atoms with E-state index in [-0.39, 0.29) is 18.1 Å². The highest BCUT2D eigenvalue weighted by Crippen LogP contribution is 2.23. The summed E-state index contributed by atoms with van der Waals surface area (Å²) in [5.74, 6) is -0.0356.